The Morgan fingerprint density at radius 1 is 1.07 bits per heavy atom. The highest BCUT2D eigenvalue weighted by Gasteiger charge is 2.40. The third-order valence-electron chi connectivity index (χ3n) is 5.18. The van der Waals surface area contributed by atoms with Crippen LogP contribution in [-0.2, 0) is 19.2 Å². The molecule has 1 aliphatic rings. The lowest BCUT2D eigenvalue weighted by Gasteiger charge is -2.31. The van der Waals surface area contributed by atoms with Gasteiger partial charge < -0.3 is 31.5 Å². The second kappa shape index (κ2) is 11.3. The molecule has 5 atom stereocenters. The standard InChI is InChI=1S/C20H36N4O6/c1-10(2)9-13(21)17(26)22-15(11(3)4)19(28)24-8-6-7-14(24)18(27)23-16(12(5)25)20(29)30/h10-16,25H,6-9,21H2,1-5H3,(H,22,26)(H,23,27)(H,29,30). The van der Waals surface area contributed by atoms with Crippen LogP contribution in [0.1, 0.15) is 53.9 Å². The maximum atomic E-state index is 13.2. The predicted octanol–water partition coefficient (Wildman–Crippen LogP) is -0.558. The number of nitrogens with zero attached hydrogens (tertiary/aromatic N) is 1. The van der Waals surface area contributed by atoms with E-state index in [2.05, 4.69) is 10.6 Å². The van der Waals surface area contributed by atoms with Gasteiger partial charge in [-0.15, -0.1) is 0 Å². The molecule has 1 aliphatic heterocycles. The monoisotopic (exact) mass is 428 g/mol. The topological polar surface area (TPSA) is 162 Å². The van der Waals surface area contributed by atoms with E-state index in [1.165, 1.54) is 11.8 Å². The number of carbonyl (C=O) groups is 4. The van der Waals surface area contributed by atoms with Gasteiger partial charge in [0.2, 0.25) is 17.7 Å². The summed E-state index contributed by atoms with van der Waals surface area (Å²) in [5.74, 6) is -2.84. The van der Waals surface area contributed by atoms with Crippen molar-refractivity contribution in [1.29, 1.82) is 0 Å². The normalized spacial score (nSPS) is 20.6. The van der Waals surface area contributed by atoms with Crippen molar-refractivity contribution < 1.29 is 29.4 Å². The highest BCUT2D eigenvalue weighted by atomic mass is 16.4. The van der Waals surface area contributed by atoms with Crippen molar-refractivity contribution in [2.24, 2.45) is 17.6 Å². The summed E-state index contributed by atoms with van der Waals surface area (Å²) in [6.45, 7) is 9.06. The average molecular weight is 429 g/mol. The van der Waals surface area contributed by atoms with E-state index in [-0.39, 0.29) is 11.8 Å². The third kappa shape index (κ3) is 6.94. The molecule has 0 aromatic rings. The molecule has 5 unspecified atom stereocenters. The Hall–Kier alpha value is -2.20. The van der Waals surface area contributed by atoms with Gasteiger partial charge in [0.1, 0.15) is 12.1 Å². The van der Waals surface area contributed by atoms with Gasteiger partial charge >= 0.3 is 5.97 Å². The smallest absolute Gasteiger partial charge is 0.328 e. The van der Waals surface area contributed by atoms with E-state index in [1.807, 2.05) is 13.8 Å². The fourth-order valence-corrected chi connectivity index (χ4v) is 3.51. The SMILES string of the molecule is CC(C)CC(N)C(=O)NC(C(=O)N1CCCC1C(=O)NC(C(=O)O)C(C)O)C(C)C. The van der Waals surface area contributed by atoms with Gasteiger partial charge in [-0.2, -0.15) is 0 Å². The van der Waals surface area contributed by atoms with Crippen LogP contribution in [0, 0.1) is 11.8 Å². The lowest BCUT2D eigenvalue weighted by molar-refractivity contribution is -0.147. The number of hydrogen-bond acceptors (Lipinski definition) is 6. The maximum absolute atomic E-state index is 13.2. The summed E-state index contributed by atoms with van der Waals surface area (Å²) < 4.78 is 0. The fourth-order valence-electron chi connectivity index (χ4n) is 3.51. The molecule has 0 radical (unpaired) electrons. The number of nitrogens with one attached hydrogen (secondary N) is 2. The van der Waals surface area contributed by atoms with Crippen molar-refractivity contribution in [1.82, 2.24) is 15.5 Å². The van der Waals surface area contributed by atoms with Crippen molar-refractivity contribution in [3.05, 3.63) is 0 Å². The first-order valence-corrected chi connectivity index (χ1v) is 10.4. The van der Waals surface area contributed by atoms with Crippen LogP contribution in [0.2, 0.25) is 0 Å². The summed E-state index contributed by atoms with van der Waals surface area (Å²) in [4.78, 5) is 50.9. The van der Waals surface area contributed by atoms with Crippen LogP contribution in [-0.4, -0.2) is 75.6 Å². The highest BCUT2D eigenvalue weighted by Crippen LogP contribution is 2.21. The highest BCUT2D eigenvalue weighted by molar-refractivity contribution is 5.94. The van der Waals surface area contributed by atoms with Crippen molar-refractivity contribution >= 4 is 23.7 Å². The lowest BCUT2D eigenvalue weighted by atomic mass is 9.99. The zero-order valence-corrected chi connectivity index (χ0v) is 18.4. The molecule has 0 spiro atoms. The molecule has 1 heterocycles. The van der Waals surface area contributed by atoms with Gasteiger partial charge in [0, 0.05) is 6.54 Å². The molecular weight excluding hydrogens is 392 g/mol. The Balaban J connectivity index is 2.92. The van der Waals surface area contributed by atoms with Crippen LogP contribution in [0.15, 0.2) is 0 Å². The zero-order chi connectivity index (χ0) is 23.2. The number of aliphatic hydroxyl groups is 1. The van der Waals surface area contributed by atoms with Crippen LogP contribution in [0.4, 0.5) is 0 Å². The number of likely N-dealkylation sites (tertiary alicyclic amines) is 1. The van der Waals surface area contributed by atoms with E-state index in [0.717, 1.165) is 0 Å². The van der Waals surface area contributed by atoms with E-state index in [0.29, 0.717) is 25.8 Å². The molecule has 0 bridgehead atoms. The van der Waals surface area contributed by atoms with E-state index in [1.54, 1.807) is 13.8 Å². The first-order valence-electron chi connectivity index (χ1n) is 10.4. The van der Waals surface area contributed by atoms with E-state index in [9.17, 15) is 29.4 Å². The predicted molar refractivity (Wildman–Crippen MR) is 110 cm³/mol. The average Bonchev–Trinajstić information content (AvgIpc) is 3.11. The number of aliphatic hydroxyl groups excluding tert-OH is 1. The van der Waals surface area contributed by atoms with E-state index >= 15 is 0 Å². The molecule has 0 aromatic carbocycles. The molecule has 10 heteroatoms. The summed E-state index contributed by atoms with van der Waals surface area (Å²) in [5, 5.41) is 23.8. The summed E-state index contributed by atoms with van der Waals surface area (Å²) in [6, 6.07) is -3.92. The third-order valence-corrected chi connectivity index (χ3v) is 5.18. The zero-order valence-electron chi connectivity index (χ0n) is 18.4. The van der Waals surface area contributed by atoms with Gasteiger partial charge in [-0.1, -0.05) is 27.7 Å². The van der Waals surface area contributed by atoms with Crippen LogP contribution in [0.3, 0.4) is 0 Å². The Kier molecular flexibility index (Phi) is 9.70. The number of rotatable bonds is 10. The van der Waals surface area contributed by atoms with Gasteiger partial charge in [-0.3, -0.25) is 14.4 Å². The minimum atomic E-state index is -1.47. The summed E-state index contributed by atoms with van der Waals surface area (Å²) in [5.41, 5.74) is 5.93. The van der Waals surface area contributed by atoms with E-state index in [4.69, 9.17) is 5.73 Å². The first kappa shape index (κ1) is 25.8. The van der Waals surface area contributed by atoms with E-state index < -0.39 is 54.0 Å². The van der Waals surface area contributed by atoms with Crippen LogP contribution >= 0.6 is 0 Å². The van der Waals surface area contributed by atoms with Gasteiger partial charge in [0.25, 0.3) is 0 Å². The number of nitrogens with two attached hydrogens (primary N) is 1. The number of carboxylic acids is 1. The molecule has 3 amide bonds. The summed E-state index contributed by atoms with van der Waals surface area (Å²) in [7, 11) is 0. The van der Waals surface area contributed by atoms with Gasteiger partial charge in [0.15, 0.2) is 6.04 Å². The molecule has 0 aromatic heterocycles. The quantitative estimate of drug-likeness (QED) is 0.311. The lowest BCUT2D eigenvalue weighted by Crippen LogP contribution is -2.59. The largest absolute Gasteiger partial charge is 0.480 e. The number of hydrogen-bond donors (Lipinski definition) is 5. The molecule has 1 rings (SSSR count). The van der Waals surface area contributed by atoms with Crippen LogP contribution in [0.5, 0.6) is 0 Å². The van der Waals surface area contributed by atoms with Crippen molar-refractivity contribution in [2.45, 2.75) is 84.2 Å². The Labute approximate surface area is 177 Å². The fraction of sp³-hybridized carbons (Fsp3) is 0.800. The second-order valence-corrected chi connectivity index (χ2v) is 8.72. The minimum Gasteiger partial charge on any atom is -0.480 e. The number of amides is 3. The van der Waals surface area contributed by atoms with Gasteiger partial charge in [0.05, 0.1) is 12.1 Å². The first-order chi connectivity index (χ1) is 13.9. The van der Waals surface area contributed by atoms with Gasteiger partial charge in [-0.05, 0) is 38.0 Å². The van der Waals surface area contributed by atoms with Crippen LogP contribution in [0.25, 0.3) is 0 Å². The molecular formula is C20H36N4O6. The van der Waals surface area contributed by atoms with Crippen LogP contribution < -0.4 is 16.4 Å². The van der Waals surface area contributed by atoms with Crippen molar-refractivity contribution in [2.75, 3.05) is 6.54 Å². The molecule has 6 N–H and O–H groups in total. The summed E-state index contributed by atoms with van der Waals surface area (Å²) >= 11 is 0. The van der Waals surface area contributed by atoms with Gasteiger partial charge in [-0.25, -0.2) is 4.79 Å². The molecule has 1 saturated heterocycles. The minimum absolute atomic E-state index is 0.224. The maximum Gasteiger partial charge on any atom is 0.328 e. The molecule has 10 nitrogen and oxygen atoms in total. The number of carboxylic acid groups (broad SMARTS) is 1. The summed E-state index contributed by atoms with van der Waals surface area (Å²) in [6.07, 6.45) is 0.134. The molecule has 1 fully saturated rings. The Morgan fingerprint density at radius 2 is 1.67 bits per heavy atom. The number of carbonyl (C=O) groups excluding carboxylic acids is 3. The number of aliphatic carboxylic acids is 1. The molecule has 0 saturated carbocycles. The molecule has 0 aliphatic carbocycles. The Morgan fingerprint density at radius 3 is 2.13 bits per heavy atom. The van der Waals surface area contributed by atoms with Crippen molar-refractivity contribution in [3.63, 3.8) is 0 Å². The molecule has 172 valence electrons. The molecule has 30 heavy (non-hydrogen) atoms. The second-order valence-electron chi connectivity index (χ2n) is 8.72. The van der Waals surface area contributed by atoms with Crippen molar-refractivity contribution in [3.8, 4) is 0 Å². The Bertz CT molecular complexity index is 637.